The van der Waals surface area contributed by atoms with E-state index in [1.165, 1.54) is 19.3 Å². The van der Waals surface area contributed by atoms with Gasteiger partial charge in [-0.1, -0.05) is 92.8 Å². The monoisotopic (exact) mass is 418 g/mol. The molecular weight excluding hydrogens is 388 g/mol. The molecular formula is C27H30O4. The van der Waals surface area contributed by atoms with Crippen molar-refractivity contribution in [1.82, 2.24) is 0 Å². The van der Waals surface area contributed by atoms with Gasteiger partial charge in [-0.15, -0.1) is 0 Å². The molecule has 1 heterocycles. The third-order valence-electron chi connectivity index (χ3n) is 6.55. The molecule has 0 saturated heterocycles. The zero-order valence-electron chi connectivity index (χ0n) is 17.8. The summed E-state index contributed by atoms with van der Waals surface area (Å²) in [5.74, 6) is -1.15. The highest BCUT2D eigenvalue weighted by Crippen LogP contribution is 2.34. The summed E-state index contributed by atoms with van der Waals surface area (Å²) in [5, 5.41) is 10.8. The lowest BCUT2D eigenvalue weighted by Crippen LogP contribution is -2.25. The number of cyclic esters (lactones) is 1. The Morgan fingerprint density at radius 1 is 0.903 bits per heavy atom. The minimum Gasteiger partial charge on any atom is -0.507 e. The van der Waals surface area contributed by atoms with Gasteiger partial charge in [0.1, 0.15) is 5.57 Å². The number of Topliss-reactive ketones (excluding diaryl/α,β-unsaturated/α-hetero) is 1. The summed E-state index contributed by atoms with van der Waals surface area (Å²) in [4.78, 5) is 26.1. The maximum Gasteiger partial charge on any atom is 0.346 e. The minimum atomic E-state index is -0.677. The van der Waals surface area contributed by atoms with Crippen LogP contribution in [0.5, 0.6) is 0 Å². The number of aliphatic hydroxyl groups is 1. The van der Waals surface area contributed by atoms with Gasteiger partial charge in [0, 0.05) is 5.92 Å². The molecule has 1 aliphatic carbocycles. The summed E-state index contributed by atoms with van der Waals surface area (Å²) in [5.41, 5.74) is 1.92. The van der Waals surface area contributed by atoms with Crippen molar-refractivity contribution in [2.75, 3.05) is 0 Å². The predicted molar refractivity (Wildman–Crippen MR) is 120 cm³/mol. The zero-order valence-corrected chi connectivity index (χ0v) is 17.8. The Morgan fingerprint density at radius 3 is 2.00 bits per heavy atom. The maximum atomic E-state index is 13.5. The molecule has 1 N–H and O–H groups in total. The third kappa shape index (κ3) is 5.25. The highest BCUT2D eigenvalue weighted by Gasteiger charge is 2.41. The van der Waals surface area contributed by atoms with Crippen molar-refractivity contribution >= 4 is 11.8 Å². The summed E-state index contributed by atoms with van der Waals surface area (Å²) in [6, 6.07) is 19.6. The number of aliphatic hydroxyl groups excluding tert-OH is 1. The SMILES string of the molecule is O=C1OC(CC2CCCCC2)C(O)=C1C(=O)C(Cc1ccccc1)Cc1ccccc1. The second-order valence-corrected chi connectivity index (χ2v) is 8.83. The number of rotatable bonds is 8. The van der Waals surface area contributed by atoms with Crippen molar-refractivity contribution in [3.05, 3.63) is 83.1 Å². The van der Waals surface area contributed by atoms with Gasteiger partial charge in [0.2, 0.25) is 0 Å². The molecule has 4 heteroatoms. The molecule has 0 radical (unpaired) electrons. The molecule has 1 unspecified atom stereocenters. The van der Waals surface area contributed by atoms with Crippen LogP contribution in [0.2, 0.25) is 0 Å². The van der Waals surface area contributed by atoms with Crippen molar-refractivity contribution in [2.24, 2.45) is 11.8 Å². The van der Waals surface area contributed by atoms with Gasteiger partial charge in [-0.3, -0.25) is 4.79 Å². The van der Waals surface area contributed by atoms with Crippen molar-refractivity contribution < 1.29 is 19.4 Å². The van der Waals surface area contributed by atoms with Gasteiger partial charge in [0.05, 0.1) is 0 Å². The van der Waals surface area contributed by atoms with E-state index in [1.54, 1.807) is 0 Å². The first-order valence-corrected chi connectivity index (χ1v) is 11.4. The van der Waals surface area contributed by atoms with Gasteiger partial charge < -0.3 is 9.84 Å². The number of esters is 1. The van der Waals surface area contributed by atoms with E-state index in [0.29, 0.717) is 25.2 Å². The van der Waals surface area contributed by atoms with Gasteiger partial charge in [-0.05, 0) is 36.3 Å². The maximum absolute atomic E-state index is 13.5. The standard InChI is InChI=1S/C27H30O4/c28-25(24-26(29)23(31-27(24)30)18-21-14-8-3-9-15-21)22(16-19-10-4-1-5-11-19)17-20-12-6-2-7-13-20/h1-2,4-7,10-13,21-23,29H,3,8-9,14-18H2. The zero-order chi connectivity index (χ0) is 21.6. The summed E-state index contributed by atoms with van der Waals surface area (Å²) >= 11 is 0. The molecule has 0 aromatic heterocycles. The Kier molecular flexibility index (Phi) is 6.86. The van der Waals surface area contributed by atoms with Gasteiger partial charge in [-0.25, -0.2) is 4.79 Å². The second-order valence-electron chi connectivity index (χ2n) is 8.83. The summed E-state index contributed by atoms with van der Waals surface area (Å²) in [6.07, 6.45) is 6.73. The van der Waals surface area contributed by atoms with Crippen LogP contribution in [-0.4, -0.2) is 23.0 Å². The first kappa shape index (κ1) is 21.4. The molecule has 2 aromatic rings. The first-order chi connectivity index (χ1) is 15.1. The molecule has 162 valence electrons. The summed E-state index contributed by atoms with van der Waals surface area (Å²) in [6.45, 7) is 0. The summed E-state index contributed by atoms with van der Waals surface area (Å²) < 4.78 is 5.48. The molecule has 0 bridgehead atoms. The summed E-state index contributed by atoms with van der Waals surface area (Å²) in [7, 11) is 0. The Hall–Kier alpha value is -2.88. The van der Waals surface area contributed by atoms with E-state index in [1.807, 2.05) is 60.7 Å². The smallest absolute Gasteiger partial charge is 0.346 e. The number of hydrogen-bond donors (Lipinski definition) is 1. The lowest BCUT2D eigenvalue weighted by atomic mass is 9.84. The van der Waals surface area contributed by atoms with E-state index in [-0.39, 0.29) is 17.1 Å². The van der Waals surface area contributed by atoms with E-state index < -0.39 is 18.0 Å². The first-order valence-electron chi connectivity index (χ1n) is 11.4. The van der Waals surface area contributed by atoms with Gasteiger partial charge >= 0.3 is 5.97 Å². The van der Waals surface area contributed by atoms with Crippen LogP contribution in [-0.2, 0) is 27.2 Å². The van der Waals surface area contributed by atoms with Crippen molar-refractivity contribution in [3.63, 3.8) is 0 Å². The van der Waals surface area contributed by atoms with E-state index in [9.17, 15) is 14.7 Å². The fraction of sp³-hybridized carbons (Fsp3) is 0.407. The van der Waals surface area contributed by atoms with Gasteiger partial charge in [0.25, 0.3) is 0 Å². The van der Waals surface area contributed by atoms with E-state index in [2.05, 4.69) is 0 Å². The van der Waals surface area contributed by atoms with Crippen LogP contribution in [0.15, 0.2) is 72.0 Å². The van der Waals surface area contributed by atoms with Crippen LogP contribution in [0.4, 0.5) is 0 Å². The lowest BCUT2D eigenvalue weighted by molar-refractivity contribution is -0.142. The number of ketones is 1. The minimum absolute atomic E-state index is 0.141. The molecule has 4 rings (SSSR count). The second kappa shape index (κ2) is 9.95. The quantitative estimate of drug-likeness (QED) is 0.463. The number of hydrogen-bond acceptors (Lipinski definition) is 4. The fourth-order valence-corrected chi connectivity index (χ4v) is 4.88. The lowest BCUT2D eigenvalue weighted by Gasteiger charge is -2.23. The van der Waals surface area contributed by atoms with Crippen LogP contribution in [0.25, 0.3) is 0 Å². The third-order valence-corrected chi connectivity index (χ3v) is 6.55. The number of carbonyl (C=O) groups excluding carboxylic acids is 2. The van der Waals surface area contributed by atoms with E-state index in [4.69, 9.17) is 4.74 Å². The molecule has 31 heavy (non-hydrogen) atoms. The largest absolute Gasteiger partial charge is 0.507 e. The molecule has 1 atom stereocenters. The molecule has 1 saturated carbocycles. The van der Waals surface area contributed by atoms with E-state index in [0.717, 1.165) is 24.0 Å². The Morgan fingerprint density at radius 2 is 1.45 bits per heavy atom. The predicted octanol–water partition coefficient (Wildman–Crippen LogP) is 5.37. The molecule has 0 spiro atoms. The Bertz CT molecular complexity index is 885. The molecule has 0 amide bonds. The number of carbonyl (C=O) groups is 2. The van der Waals surface area contributed by atoms with Crippen LogP contribution < -0.4 is 0 Å². The fourth-order valence-electron chi connectivity index (χ4n) is 4.88. The topological polar surface area (TPSA) is 63.6 Å². The van der Waals surface area contributed by atoms with Crippen molar-refractivity contribution in [3.8, 4) is 0 Å². The molecule has 2 aliphatic rings. The van der Waals surface area contributed by atoms with Crippen LogP contribution >= 0.6 is 0 Å². The normalized spacial score (nSPS) is 19.6. The number of ether oxygens (including phenoxy) is 1. The molecule has 1 fully saturated rings. The molecule has 4 nitrogen and oxygen atoms in total. The van der Waals surface area contributed by atoms with Gasteiger partial charge in [-0.2, -0.15) is 0 Å². The van der Waals surface area contributed by atoms with E-state index >= 15 is 0 Å². The van der Waals surface area contributed by atoms with Crippen LogP contribution in [0, 0.1) is 11.8 Å². The molecule has 1 aliphatic heterocycles. The van der Waals surface area contributed by atoms with Crippen molar-refractivity contribution in [1.29, 1.82) is 0 Å². The highest BCUT2D eigenvalue weighted by atomic mass is 16.6. The Labute approximate surface area is 183 Å². The van der Waals surface area contributed by atoms with Crippen LogP contribution in [0.3, 0.4) is 0 Å². The van der Waals surface area contributed by atoms with Crippen molar-refractivity contribution in [2.45, 2.75) is 57.5 Å². The average Bonchev–Trinajstić information content (AvgIpc) is 3.07. The average molecular weight is 419 g/mol. The molecule has 2 aromatic carbocycles. The Balaban J connectivity index is 1.56. The number of benzene rings is 2. The highest BCUT2D eigenvalue weighted by molar-refractivity contribution is 6.19. The van der Waals surface area contributed by atoms with Crippen LogP contribution in [0.1, 0.15) is 49.7 Å². The van der Waals surface area contributed by atoms with Gasteiger partial charge in [0.15, 0.2) is 17.6 Å².